The van der Waals surface area contributed by atoms with Crippen molar-refractivity contribution >= 4 is 6.29 Å². The first-order valence-electron chi connectivity index (χ1n) is 3.81. The largest absolute Gasteiger partial charge is 0.342 e. The molecule has 0 bridgehead atoms. The van der Waals surface area contributed by atoms with E-state index in [1.165, 1.54) is 31.3 Å². The summed E-state index contributed by atoms with van der Waals surface area (Å²) in [5, 5.41) is 6.72. The number of carbonyl (C=O) groups excluding carboxylic acids is 1. The quantitative estimate of drug-likeness (QED) is 0.707. The zero-order chi connectivity index (χ0) is 12.3. The highest BCUT2D eigenvalue weighted by Gasteiger charge is 1.88. The molecule has 6 heteroatoms. The van der Waals surface area contributed by atoms with Gasteiger partial charge in [-0.2, -0.15) is 8.78 Å². The second-order valence-corrected chi connectivity index (χ2v) is 1.95. The Balaban J connectivity index is 0. The number of alkyl halides is 2. The fourth-order valence-corrected chi connectivity index (χ4v) is 0.541. The summed E-state index contributed by atoms with van der Waals surface area (Å²) in [7, 11) is 1.50. The molecule has 0 saturated heterocycles. The Kier molecular flexibility index (Phi) is 11.4. The Labute approximate surface area is 85.3 Å². The molecule has 0 saturated carbocycles. The first-order valence-corrected chi connectivity index (χ1v) is 3.81. The summed E-state index contributed by atoms with van der Waals surface area (Å²) >= 11 is 0. The van der Waals surface area contributed by atoms with Gasteiger partial charge in [-0.3, -0.25) is 4.79 Å². The summed E-state index contributed by atoms with van der Waals surface area (Å²) in [4.78, 5) is 10.00. The molecule has 1 rings (SSSR count). The van der Waals surface area contributed by atoms with Crippen molar-refractivity contribution in [1.29, 1.82) is 0 Å². The number of aldehydes is 1. The highest BCUT2D eigenvalue weighted by atomic mass is 19.3. The summed E-state index contributed by atoms with van der Waals surface area (Å²) in [5.74, 6) is -0.319. The third-order valence-electron chi connectivity index (χ3n) is 1.01. The number of benzene rings is 1. The molecule has 0 aliphatic rings. The standard InChI is InChI=1S/C7H5FO.CH2F2O.CH5N/c8-7-3-1-6(5-9)2-4-7;2-1(3)4;1-2/h1-5H;1,4H;2H2,1H3. The molecule has 86 valence electrons. The lowest BCUT2D eigenvalue weighted by Crippen LogP contribution is -1.78. The molecule has 0 aliphatic heterocycles. The highest BCUT2D eigenvalue weighted by Crippen LogP contribution is 1.98. The number of hydrogen-bond donors (Lipinski definition) is 2. The van der Waals surface area contributed by atoms with E-state index in [1.54, 1.807) is 0 Å². The maximum atomic E-state index is 12.1. The maximum absolute atomic E-state index is 12.1. The molecule has 15 heavy (non-hydrogen) atoms. The molecule has 0 spiro atoms. The van der Waals surface area contributed by atoms with Crippen molar-refractivity contribution in [2.75, 3.05) is 7.05 Å². The van der Waals surface area contributed by atoms with Crippen LogP contribution in [0.3, 0.4) is 0 Å². The van der Waals surface area contributed by atoms with Crippen LogP contribution in [0, 0.1) is 5.82 Å². The van der Waals surface area contributed by atoms with Gasteiger partial charge in [-0.1, -0.05) is 0 Å². The van der Waals surface area contributed by atoms with Crippen LogP contribution >= 0.6 is 0 Å². The molecular weight excluding hydrogens is 211 g/mol. The molecule has 0 unspecified atom stereocenters. The first kappa shape index (κ1) is 16.0. The number of hydrogen-bond acceptors (Lipinski definition) is 3. The summed E-state index contributed by atoms with van der Waals surface area (Å²) in [6.07, 6.45) is 0.680. The van der Waals surface area contributed by atoms with E-state index in [0.29, 0.717) is 11.8 Å². The first-order chi connectivity index (χ1) is 7.06. The highest BCUT2D eigenvalue weighted by molar-refractivity contribution is 5.74. The number of halogens is 3. The minimum Gasteiger partial charge on any atom is -0.339 e. The Bertz CT molecular complexity index is 249. The van der Waals surface area contributed by atoms with Gasteiger partial charge >= 0.3 is 6.61 Å². The SMILES string of the molecule is CN.O=Cc1ccc(F)cc1.OC(F)F. The topological polar surface area (TPSA) is 63.3 Å². The van der Waals surface area contributed by atoms with Gasteiger partial charge in [-0.05, 0) is 31.3 Å². The Morgan fingerprint density at radius 3 is 1.87 bits per heavy atom. The van der Waals surface area contributed by atoms with Gasteiger partial charge in [0.1, 0.15) is 12.1 Å². The monoisotopic (exact) mass is 223 g/mol. The van der Waals surface area contributed by atoms with Crippen molar-refractivity contribution in [1.82, 2.24) is 0 Å². The smallest absolute Gasteiger partial charge is 0.339 e. The molecule has 0 atom stereocenters. The van der Waals surface area contributed by atoms with E-state index in [9.17, 15) is 18.0 Å². The Morgan fingerprint density at radius 1 is 1.27 bits per heavy atom. The molecule has 0 aliphatic carbocycles. The molecule has 0 amide bonds. The van der Waals surface area contributed by atoms with Crippen LogP contribution in [0.4, 0.5) is 13.2 Å². The van der Waals surface area contributed by atoms with E-state index < -0.39 is 6.61 Å². The van der Waals surface area contributed by atoms with Crippen molar-refractivity contribution in [3.8, 4) is 0 Å². The summed E-state index contributed by atoms with van der Waals surface area (Å²) in [6, 6.07) is 5.37. The fourth-order valence-electron chi connectivity index (χ4n) is 0.541. The minimum absolute atomic E-state index is 0.319. The van der Waals surface area contributed by atoms with Gasteiger partial charge in [-0.25, -0.2) is 4.39 Å². The van der Waals surface area contributed by atoms with Gasteiger partial charge in [0.25, 0.3) is 0 Å². The van der Waals surface area contributed by atoms with Gasteiger partial charge in [0, 0.05) is 5.56 Å². The van der Waals surface area contributed by atoms with Gasteiger partial charge in [0.2, 0.25) is 0 Å². The third-order valence-corrected chi connectivity index (χ3v) is 1.01. The third kappa shape index (κ3) is 12.6. The number of aliphatic hydroxyl groups is 1. The van der Waals surface area contributed by atoms with Gasteiger partial charge < -0.3 is 10.8 Å². The zero-order valence-corrected chi connectivity index (χ0v) is 8.03. The summed E-state index contributed by atoms with van der Waals surface area (Å²) in [6.45, 7) is -3.17. The van der Waals surface area contributed by atoms with Crippen LogP contribution in [-0.4, -0.2) is 25.1 Å². The average molecular weight is 223 g/mol. The number of nitrogens with two attached hydrogens (primary N) is 1. The van der Waals surface area contributed by atoms with Crippen molar-refractivity contribution in [3.63, 3.8) is 0 Å². The van der Waals surface area contributed by atoms with E-state index in [4.69, 9.17) is 5.11 Å². The van der Waals surface area contributed by atoms with E-state index in [1.807, 2.05) is 0 Å². The average Bonchev–Trinajstić information content (AvgIpc) is 2.21. The van der Waals surface area contributed by atoms with Gasteiger partial charge in [0.15, 0.2) is 0 Å². The number of rotatable bonds is 1. The minimum atomic E-state index is -3.17. The van der Waals surface area contributed by atoms with Gasteiger partial charge in [-0.15, -0.1) is 0 Å². The van der Waals surface area contributed by atoms with Crippen molar-refractivity contribution in [2.24, 2.45) is 5.73 Å². The molecule has 3 N–H and O–H groups in total. The summed E-state index contributed by atoms with van der Waals surface area (Å²) < 4.78 is 31.9. The molecular formula is C9H12F3NO2. The van der Waals surface area contributed by atoms with E-state index in [0.717, 1.165) is 0 Å². The second-order valence-electron chi connectivity index (χ2n) is 1.95. The van der Waals surface area contributed by atoms with Crippen LogP contribution in [0.15, 0.2) is 24.3 Å². The van der Waals surface area contributed by atoms with Gasteiger partial charge in [0.05, 0.1) is 0 Å². The van der Waals surface area contributed by atoms with E-state index >= 15 is 0 Å². The second kappa shape index (κ2) is 10.7. The Morgan fingerprint density at radius 2 is 1.60 bits per heavy atom. The summed E-state index contributed by atoms with van der Waals surface area (Å²) in [5.41, 5.74) is 5.00. The molecule has 0 heterocycles. The lowest BCUT2D eigenvalue weighted by atomic mass is 10.2. The molecule has 1 aromatic carbocycles. The van der Waals surface area contributed by atoms with Crippen LogP contribution < -0.4 is 5.73 Å². The van der Waals surface area contributed by atoms with Crippen LogP contribution in [0.2, 0.25) is 0 Å². The number of carbonyl (C=O) groups is 1. The molecule has 3 nitrogen and oxygen atoms in total. The van der Waals surface area contributed by atoms with Crippen molar-refractivity contribution < 1.29 is 23.1 Å². The zero-order valence-electron chi connectivity index (χ0n) is 8.03. The van der Waals surface area contributed by atoms with Crippen LogP contribution in [0.25, 0.3) is 0 Å². The predicted molar refractivity (Wildman–Crippen MR) is 50.1 cm³/mol. The lowest BCUT2D eigenvalue weighted by Gasteiger charge is -1.86. The Hall–Kier alpha value is -1.40. The lowest BCUT2D eigenvalue weighted by molar-refractivity contribution is -0.0728. The van der Waals surface area contributed by atoms with Crippen LogP contribution in [-0.2, 0) is 0 Å². The van der Waals surface area contributed by atoms with E-state index in [-0.39, 0.29) is 5.82 Å². The number of aliphatic hydroxyl groups excluding tert-OH is 1. The molecule has 0 aromatic heterocycles. The molecule has 0 fully saturated rings. The molecule has 0 radical (unpaired) electrons. The molecule has 1 aromatic rings. The van der Waals surface area contributed by atoms with Crippen LogP contribution in [0.1, 0.15) is 10.4 Å². The van der Waals surface area contributed by atoms with E-state index in [2.05, 4.69) is 5.73 Å². The maximum Gasteiger partial charge on any atom is 0.342 e. The van der Waals surface area contributed by atoms with Crippen molar-refractivity contribution in [2.45, 2.75) is 6.61 Å². The van der Waals surface area contributed by atoms with Crippen molar-refractivity contribution in [3.05, 3.63) is 35.6 Å². The predicted octanol–water partition coefficient (Wildman–Crippen LogP) is 1.41. The fraction of sp³-hybridized carbons (Fsp3) is 0.222. The van der Waals surface area contributed by atoms with Crippen LogP contribution in [0.5, 0.6) is 0 Å². The normalized spacial score (nSPS) is 8.20.